The molecule has 12 rings (SSSR count). The third-order valence-electron chi connectivity index (χ3n) is 13.3. The van der Waals surface area contributed by atoms with E-state index >= 15 is 0 Å². The van der Waals surface area contributed by atoms with Gasteiger partial charge in [0.2, 0.25) is 0 Å². The lowest BCUT2D eigenvalue weighted by Gasteiger charge is -2.29. The van der Waals surface area contributed by atoms with E-state index in [-0.39, 0.29) is 0 Å². The van der Waals surface area contributed by atoms with E-state index in [1.54, 1.807) is 0 Å². The summed E-state index contributed by atoms with van der Waals surface area (Å²) in [5, 5.41) is 7.69. The van der Waals surface area contributed by atoms with Crippen LogP contribution < -0.4 is 4.90 Å². The van der Waals surface area contributed by atoms with E-state index in [1.165, 1.54) is 82.4 Å². The highest BCUT2D eigenvalue weighted by Crippen LogP contribution is 2.45. The fraction of sp³-hybridized carbons (Fsp3) is 0. The van der Waals surface area contributed by atoms with Gasteiger partial charge in [-0.15, -0.1) is 0 Å². The molecule has 0 saturated heterocycles. The average molecular weight is 852 g/mol. The Balaban J connectivity index is 0.998. The second-order valence-corrected chi connectivity index (χ2v) is 17.2. The average Bonchev–Trinajstić information content (AvgIpc) is 3.42. The number of anilines is 3. The van der Waals surface area contributed by atoms with Crippen molar-refractivity contribution in [3.63, 3.8) is 0 Å². The summed E-state index contributed by atoms with van der Waals surface area (Å²) in [5.41, 5.74) is 17.5. The lowest BCUT2D eigenvalue weighted by atomic mass is 9.90. The number of hydrogen-bond donors (Lipinski definition) is 0. The van der Waals surface area contributed by atoms with Crippen molar-refractivity contribution >= 4 is 49.4 Å². The maximum absolute atomic E-state index is 2.42. The van der Waals surface area contributed by atoms with Crippen molar-refractivity contribution in [3.8, 4) is 66.8 Å². The van der Waals surface area contributed by atoms with Crippen LogP contribution in [0.15, 0.2) is 273 Å². The largest absolute Gasteiger partial charge is 0.310 e. The van der Waals surface area contributed by atoms with Crippen LogP contribution in [0.2, 0.25) is 0 Å². The van der Waals surface area contributed by atoms with Crippen LogP contribution in [0.25, 0.3) is 99.1 Å². The zero-order chi connectivity index (χ0) is 44.5. The summed E-state index contributed by atoms with van der Waals surface area (Å²) in [5.74, 6) is 0. The van der Waals surface area contributed by atoms with Gasteiger partial charge in [-0.25, -0.2) is 0 Å². The van der Waals surface area contributed by atoms with Gasteiger partial charge in [0.05, 0.1) is 5.69 Å². The van der Waals surface area contributed by atoms with Gasteiger partial charge in [-0.05, 0) is 142 Å². The van der Waals surface area contributed by atoms with Gasteiger partial charge >= 0.3 is 0 Å². The summed E-state index contributed by atoms with van der Waals surface area (Å²) >= 11 is 0. The fourth-order valence-corrected chi connectivity index (χ4v) is 9.96. The first-order chi connectivity index (χ1) is 33.2. The first-order valence-corrected chi connectivity index (χ1v) is 23.1. The molecule has 0 unspecified atom stereocenters. The lowest BCUT2D eigenvalue weighted by molar-refractivity contribution is 1.28. The Kier molecular flexibility index (Phi) is 10.3. The molecular weight excluding hydrogens is 807 g/mol. The first kappa shape index (κ1) is 39.8. The Hall–Kier alpha value is -8.78. The number of hydrogen-bond acceptors (Lipinski definition) is 1. The summed E-state index contributed by atoms with van der Waals surface area (Å²) in [6, 6.07) is 99.4. The minimum Gasteiger partial charge on any atom is -0.310 e. The van der Waals surface area contributed by atoms with E-state index in [2.05, 4.69) is 278 Å². The molecule has 67 heavy (non-hydrogen) atoms. The highest BCUT2D eigenvalue weighted by molar-refractivity contribution is 6.25. The monoisotopic (exact) mass is 851 g/mol. The summed E-state index contributed by atoms with van der Waals surface area (Å²) in [4.78, 5) is 2.42. The molecule has 0 aliphatic rings. The van der Waals surface area contributed by atoms with Crippen LogP contribution in [-0.2, 0) is 0 Å². The molecule has 0 spiro atoms. The Morgan fingerprint density at radius 2 is 0.507 bits per heavy atom. The van der Waals surface area contributed by atoms with E-state index in [0.717, 1.165) is 33.8 Å². The number of rotatable bonds is 9. The van der Waals surface area contributed by atoms with Crippen LogP contribution in [0.4, 0.5) is 17.1 Å². The van der Waals surface area contributed by atoms with E-state index < -0.39 is 0 Å². The summed E-state index contributed by atoms with van der Waals surface area (Å²) in [6.45, 7) is 0. The van der Waals surface area contributed by atoms with Crippen LogP contribution in [-0.4, -0.2) is 0 Å². The molecule has 0 N–H and O–H groups in total. The van der Waals surface area contributed by atoms with Crippen molar-refractivity contribution in [1.29, 1.82) is 0 Å². The standard InChI is InChI=1S/C66H45N/c1-5-17-46(18-6-1)47-29-36-55(37-30-47)67(56-38-31-48(32-39-56)52-34-41-62-60-27-14-13-25-58(60)59-26-15-16-28-61(59)65(62)45-52)66-42-35-54(44-64(66)51-23-11-4-12-24-51)53-33-40-57(49-19-7-2-8-20-49)63(43-53)50-21-9-3-10-22-50/h1-45H. The van der Waals surface area contributed by atoms with Gasteiger partial charge in [-0.2, -0.15) is 0 Å². The highest BCUT2D eigenvalue weighted by atomic mass is 15.1. The lowest BCUT2D eigenvalue weighted by Crippen LogP contribution is -2.11. The molecule has 0 saturated carbocycles. The van der Waals surface area contributed by atoms with Crippen LogP contribution >= 0.6 is 0 Å². The van der Waals surface area contributed by atoms with Crippen LogP contribution in [0.5, 0.6) is 0 Å². The fourth-order valence-electron chi connectivity index (χ4n) is 9.96. The number of benzene rings is 12. The molecule has 1 heteroatoms. The van der Waals surface area contributed by atoms with E-state index in [1.807, 2.05) is 0 Å². The minimum atomic E-state index is 1.08. The second kappa shape index (κ2) is 17.3. The minimum absolute atomic E-state index is 1.08. The molecule has 0 aliphatic carbocycles. The Labute approximate surface area is 392 Å². The predicted octanol–water partition coefficient (Wildman–Crippen LogP) is 18.6. The van der Waals surface area contributed by atoms with Crippen molar-refractivity contribution in [3.05, 3.63) is 273 Å². The summed E-state index contributed by atoms with van der Waals surface area (Å²) in [7, 11) is 0. The quantitative estimate of drug-likeness (QED) is 0.131. The van der Waals surface area contributed by atoms with Crippen LogP contribution in [0.1, 0.15) is 0 Å². The van der Waals surface area contributed by atoms with E-state index in [4.69, 9.17) is 0 Å². The zero-order valence-corrected chi connectivity index (χ0v) is 36.9. The van der Waals surface area contributed by atoms with Crippen molar-refractivity contribution in [1.82, 2.24) is 0 Å². The normalized spacial score (nSPS) is 11.3. The molecule has 0 aliphatic heterocycles. The van der Waals surface area contributed by atoms with Crippen LogP contribution in [0.3, 0.4) is 0 Å². The highest BCUT2D eigenvalue weighted by Gasteiger charge is 2.20. The topological polar surface area (TPSA) is 3.24 Å². The molecule has 1 nitrogen and oxygen atoms in total. The Bertz CT molecular complexity index is 3660. The molecule has 12 aromatic carbocycles. The molecule has 0 amide bonds. The Morgan fingerprint density at radius 1 is 0.179 bits per heavy atom. The molecule has 0 radical (unpaired) electrons. The predicted molar refractivity (Wildman–Crippen MR) is 286 cm³/mol. The molecule has 0 atom stereocenters. The summed E-state index contributed by atoms with van der Waals surface area (Å²) < 4.78 is 0. The SMILES string of the molecule is c1ccc(-c2ccc(N(c3ccc(-c4ccc5c6ccccc6c6ccccc6c5c4)cc3)c3ccc(-c4ccc(-c5ccccc5)c(-c5ccccc5)c4)cc3-c3ccccc3)cc2)cc1. The number of fused-ring (bicyclic) bond motifs is 6. The smallest absolute Gasteiger partial charge is 0.0540 e. The summed E-state index contributed by atoms with van der Waals surface area (Å²) in [6.07, 6.45) is 0. The maximum Gasteiger partial charge on any atom is 0.0540 e. The van der Waals surface area contributed by atoms with Gasteiger partial charge in [0.15, 0.2) is 0 Å². The maximum atomic E-state index is 2.42. The first-order valence-electron chi connectivity index (χ1n) is 23.1. The molecular formula is C66H45N. The molecule has 12 aromatic rings. The van der Waals surface area contributed by atoms with Crippen molar-refractivity contribution in [2.75, 3.05) is 4.90 Å². The molecule has 0 heterocycles. The molecule has 0 fully saturated rings. The molecule has 0 aromatic heterocycles. The van der Waals surface area contributed by atoms with Gasteiger partial charge in [0, 0.05) is 16.9 Å². The molecule has 314 valence electrons. The van der Waals surface area contributed by atoms with Crippen LogP contribution in [0, 0.1) is 0 Å². The van der Waals surface area contributed by atoms with Crippen molar-refractivity contribution in [2.24, 2.45) is 0 Å². The second-order valence-electron chi connectivity index (χ2n) is 17.2. The zero-order valence-electron chi connectivity index (χ0n) is 36.9. The molecule has 0 bridgehead atoms. The van der Waals surface area contributed by atoms with Crippen molar-refractivity contribution in [2.45, 2.75) is 0 Å². The van der Waals surface area contributed by atoms with Gasteiger partial charge in [0.1, 0.15) is 0 Å². The van der Waals surface area contributed by atoms with Crippen molar-refractivity contribution < 1.29 is 0 Å². The third kappa shape index (κ3) is 7.53. The van der Waals surface area contributed by atoms with Gasteiger partial charge in [-0.3, -0.25) is 0 Å². The van der Waals surface area contributed by atoms with Gasteiger partial charge in [-0.1, -0.05) is 224 Å². The van der Waals surface area contributed by atoms with Gasteiger partial charge < -0.3 is 4.90 Å². The third-order valence-corrected chi connectivity index (χ3v) is 13.3. The van der Waals surface area contributed by atoms with E-state index in [9.17, 15) is 0 Å². The van der Waals surface area contributed by atoms with E-state index in [0.29, 0.717) is 0 Å². The van der Waals surface area contributed by atoms with Gasteiger partial charge in [0.25, 0.3) is 0 Å². The Morgan fingerprint density at radius 3 is 1.03 bits per heavy atom. The number of nitrogens with zero attached hydrogens (tertiary/aromatic N) is 1.